The lowest BCUT2D eigenvalue weighted by Crippen LogP contribution is -2.53. The molecular weight excluding hydrogens is 591 g/mol. The Labute approximate surface area is 255 Å². The zero-order valence-corrected chi connectivity index (χ0v) is 24.8. The zero-order chi connectivity index (χ0) is 31.7. The summed E-state index contributed by atoms with van der Waals surface area (Å²) in [5.74, 6) is -1.21. The maximum absolute atomic E-state index is 14.2. The van der Waals surface area contributed by atoms with Crippen LogP contribution in [0.4, 0.5) is 18.9 Å². The number of sulfonamides is 1. The molecule has 0 saturated heterocycles. The molecule has 4 rings (SSSR count). The van der Waals surface area contributed by atoms with Gasteiger partial charge in [0, 0.05) is 19.5 Å². The lowest BCUT2D eigenvalue weighted by molar-refractivity contribution is -0.140. The number of nitrogens with one attached hydrogen (secondary N) is 1. The van der Waals surface area contributed by atoms with Gasteiger partial charge in [0.15, 0.2) is 0 Å². The van der Waals surface area contributed by atoms with Gasteiger partial charge in [-0.15, -0.1) is 0 Å². The fourth-order valence-corrected chi connectivity index (χ4v) is 6.14. The van der Waals surface area contributed by atoms with Gasteiger partial charge in [0.2, 0.25) is 11.8 Å². The van der Waals surface area contributed by atoms with E-state index in [1.54, 1.807) is 55.5 Å². The lowest BCUT2D eigenvalue weighted by Gasteiger charge is -2.34. The SMILES string of the molecule is CCNC(=O)[C@@H](Cc1ccccc1)N(Cc1ccccc1)C(=O)CN(c1cccc(C(F)(F)F)c1)S(=O)(=O)c1ccccc1. The van der Waals surface area contributed by atoms with Crippen molar-refractivity contribution in [3.05, 3.63) is 132 Å². The highest BCUT2D eigenvalue weighted by Gasteiger charge is 2.36. The second-order valence-electron chi connectivity index (χ2n) is 9.98. The van der Waals surface area contributed by atoms with Crippen LogP contribution < -0.4 is 9.62 Å². The summed E-state index contributed by atoms with van der Waals surface area (Å²) in [6.07, 6.45) is -4.62. The van der Waals surface area contributed by atoms with Gasteiger partial charge in [0.1, 0.15) is 12.6 Å². The highest BCUT2D eigenvalue weighted by molar-refractivity contribution is 7.92. The molecule has 0 heterocycles. The minimum Gasteiger partial charge on any atom is -0.355 e. The van der Waals surface area contributed by atoms with E-state index >= 15 is 0 Å². The largest absolute Gasteiger partial charge is 0.416 e. The molecule has 11 heteroatoms. The number of rotatable bonds is 12. The first-order chi connectivity index (χ1) is 21.0. The van der Waals surface area contributed by atoms with Crippen LogP contribution in [0.15, 0.2) is 120 Å². The van der Waals surface area contributed by atoms with Crippen LogP contribution in [0.25, 0.3) is 0 Å². The molecule has 1 N–H and O–H groups in total. The molecule has 0 saturated carbocycles. The van der Waals surface area contributed by atoms with Gasteiger partial charge in [-0.05, 0) is 48.4 Å². The number of carbonyl (C=O) groups excluding carboxylic acids is 2. The van der Waals surface area contributed by atoms with Crippen LogP contribution in [0.1, 0.15) is 23.6 Å². The molecule has 0 fully saturated rings. The molecule has 0 unspecified atom stereocenters. The summed E-state index contributed by atoms with van der Waals surface area (Å²) in [6.45, 7) is 1.13. The normalized spacial score (nSPS) is 12.3. The highest BCUT2D eigenvalue weighted by atomic mass is 32.2. The lowest BCUT2D eigenvalue weighted by atomic mass is 10.0. The number of hydrogen-bond acceptors (Lipinski definition) is 4. The van der Waals surface area contributed by atoms with Gasteiger partial charge in [-0.2, -0.15) is 13.2 Å². The van der Waals surface area contributed by atoms with Crippen LogP contribution in [-0.2, 0) is 38.8 Å². The molecule has 0 aliphatic heterocycles. The van der Waals surface area contributed by atoms with E-state index < -0.39 is 46.2 Å². The van der Waals surface area contributed by atoms with Crippen molar-refractivity contribution in [2.24, 2.45) is 0 Å². The molecule has 2 amide bonds. The third-order valence-corrected chi connectivity index (χ3v) is 8.68. The Kier molecular flexibility index (Phi) is 10.4. The third kappa shape index (κ3) is 8.04. The summed E-state index contributed by atoms with van der Waals surface area (Å²) < 4.78 is 69.5. The average molecular weight is 624 g/mol. The minimum absolute atomic E-state index is 0.0455. The summed E-state index contributed by atoms with van der Waals surface area (Å²) >= 11 is 0. The number of nitrogens with zero attached hydrogens (tertiary/aromatic N) is 2. The van der Waals surface area contributed by atoms with Crippen molar-refractivity contribution in [1.29, 1.82) is 0 Å². The molecule has 4 aromatic carbocycles. The molecule has 0 aliphatic carbocycles. The molecule has 0 aliphatic rings. The number of likely N-dealkylation sites (N-methyl/N-ethyl adjacent to an activating group) is 1. The predicted octanol–water partition coefficient (Wildman–Crippen LogP) is 5.68. The van der Waals surface area contributed by atoms with Crippen molar-refractivity contribution in [3.8, 4) is 0 Å². The van der Waals surface area contributed by atoms with E-state index in [2.05, 4.69) is 5.32 Å². The van der Waals surface area contributed by atoms with Crippen LogP contribution in [0.5, 0.6) is 0 Å². The molecule has 1 atom stereocenters. The van der Waals surface area contributed by atoms with Gasteiger partial charge in [-0.3, -0.25) is 13.9 Å². The molecule has 44 heavy (non-hydrogen) atoms. The zero-order valence-electron chi connectivity index (χ0n) is 23.9. The first-order valence-electron chi connectivity index (χ1n) is 13.9. The van der Waals surface area contributed by atoms with Gasteiger partial charge in [-0.25, -0.2) is 8.42 Å². The molecule has 0 aromatic heterocycles. The van der Waals surface area contributed by atoms with Crippen LogP contribution in [-0.4, -0.2) is 44.3 Å². The Morgan fingerprint density at radius 3 is 1.93 bits per heavy atom. The van der Waals surface area contributed by atoms with Gasteiger partial charge < -0.3 is 10.2 Å². The van der Waals surface area contributed by atoms with Crippen LogP contribution in [0.3, 0.4) is 0 Å². The van der Waals surface area contributed by atoms with Crippen LogP contribution in [0.2, 0.25) is 0 Å². The minimum atomic E-state index is -4.75. The van der Waals surface area contributed by atoms with E-state index in [9.17, 15) is 31.2 Å². The van der Waals surface area contributed by atoms with Gasteiger partial charge in [0.25, 0.3) is 10.0 Å². The number of alkyl halides is 3. The maximum atomic E-state index is 14.2. The molecule has 7 nitrogen and oxygen atoms in total. The standard InChI is InChI=1S/C33H32F3N3O4S/c1-2-37-32(41)30(21-25-13-6-3-7-14-25)38(23-26-15-8-4-9-16-26)31(40)24-39(44(42,43)29-19-10-5-11-20-29)28-18-12-17-27(22-28)33(34,35)36/h3-20,22,30H,2,21,23-24H2,1H3,(H,37,41)/t30-/m1/s1. The fourth-order valence-electron chi connectivity index (χ4n) is 4.71. The molecule has 4 aromatic rings. The van der Waals surface area contributed by atoms with Crippen LogP contribution >= 0.6 is 0 Å². The van der Waals surface area contributed by atoms with Crippen molar-refractivity contribution in [2.75, 3.05) is 17.4 Å². The van der Waals surface area contributed by atoms with E-state index in [0.29, 0.717) is 15.9 Å². The summed E-state index contributed by atoms with van der Waals surface area (Å²) in [5, 5.41) is 2.76. The number of amides is 2. The van der Waals surface area contributed by atoms with Gasteiger partial charge in [0.05, 0.1) is 16.1 Å². The highest BCUT2D eigenvalue weighted by Crippen LogP contribution is 2.33. The van der Waals surface area contributed by atoms with E-state index in [0.717, 1.165) is 17.7 Å². The summed E-state index contributed by atoms with van der Waals surface area (Å²) in [5.41, 5.74) is 0.0384. The smallest absolute Gasteiger partial charge is 0.355 e. The van der Waals surface area contributed by atoms with Crippen molar-refractivity contribution in [3.63, 3.8) is 0 Å². The summed E-state index contributed by atoms with van der Waals surface area (Å²) in [6, 6.07) is 27.8. The summed E-state index contributed by atoms with van der Waals surface area (Å²) in [4.78, 5) is 28.8. The Balaban J connectivity index is 1.81. The topological polar surface area (TPSA) is 86.8 Å². The molecule has 0 bridgehead atoms. The number of hydrogen-bond donors (Lipinski definition) is 1. The van der Waals surface area contributed by atoms with Crippen LogP contribution in [0, 0.1) is 0 Å². The Bertz CT molecular complexity index is 1650. The Morgan fingerprint density at radius 1 is 0.795 bits per heavy atom. The van der Waals surface area contributed by atoms with Gasteiger partial charge in [-0.1, -0.05) is 84.9 Å². The van der Waals surface area contributed by atoms with E-state index in [1.165, 1.54) is 35.2 Å². The average Bonchev–Trinajstić information content (AvgIpc) is 3.02. The quantitative estimate of drug-likeness (QED) is 0.220. The number of benzene rings is 4. The molecular formula is C33H32F3N3O4S. The third-order valence-electron chi connectivity index (χ3n) is 6.89. The van der Waals surface area contributed by atoms with Gasteiger partial charge >= 0.3 is 6.18 Å². The monoisotopic (exact) mass is 623 g/mol. The Morgan fingerprint density at radius 2 is 1.36 bits per heavy atom. The first-order valence-corrected chi connectivity index (χ1v) is 15.3. The summed E-state index contributed by atoms with van der Waals surface area (Å²) in [7, 11) is -4.51. The molecule has 0 spiro atoms. The van der Waals surface area contributed by atoms with E-state index in [4.69, 9.17) is 0 Å². The number of halogens is 3. The first kappa shape index (κ1) is 32.3. The number of anilines is 1. The van der Waals surface area contributed by atoms with Crippen molar-refractivity contribution >= 4 is 27.5 Å². The Hall–Kier alpha value is -4.64. The van der Waals surface area contributed by atoms with Crippen molar-refractivity contribution < 1.29 is 31.2 Å². The maximum Gasteiger partial charge on any atom is 0.416 e. The van der Waals surface area contributed by atoms with E-state index in [1.807, 2.05) is 18.2 Å². The number of carbonyl (C=O) groups is 2. The predicted molar refractivity (Wildman–Crippen MR) is 162 cm³/mol. The fraction of sp³-hybridized carbons (Fsp3) is 0.212. The molecule has 0 radical (unpaired) electrons. The second kappa shape index (κ2) is 14.2. The van der Waals surface area contributed by atoms with E-state index in [-0.39, 0.29) is 30.1 Å². The van der Waals surface area contributed by atoms with Crippen molar-refractivity contribution in [1.82, 2.24) is 10.2 Å². The molecule has 230 valence electrons. The van der Waals surface area contributed by atoms with Crippen molar-refractivity contribution in [2.45, 2.75) is 37.0 Å². The second-order valence-corrected chi connectivity index (χ2v) is 11.8.